The normalized spacial score (nSPS) is 13.1. The average molecular weight is 501 g/mol. The fraction of sp³-hybridized carbons (Fsp3) is 0.240. The van der Waals surface area contributed by atoms with Crippen LogP contribution in [0.25, 0.3) is 17.0 Å². The van der Waals surface area contributed by atoms with Crippen molar-refractivity contribution in [2.45, 2.75) is 39.6 Å². The van der Waals surface area contributed by atoms with Crippen molar-refractivity contribution in [2.24, 2.45) is 0 Å². The van der Waals surface area contributed by atoms with Gasteiger partial charge in [0.15, 0.2) is 0 Å². The van der Waals surface area contributed by atoms with Crippen molar-refractivity contribution in [1.82, 2.24) is 14.7 Å². The lowest BCUT2D eigenvalue weighted by atomic mass is 10.1. The van der Waals surface area contributed by atoms with Gasteiger partial charge in [-0.1, -0.05) is 18.2 Å². The molecule has 188 valence electrons. The van der Waals surface area contributed by atoms with E-state index in [9.17, 15) is 22.8 Å². The van der Waals surface area contributed by atoms with Crippen LogP contribution >= 0.6 is 0 Å². The summed E-state index contributed by atoms with van der Waals surface area (Å²) in [6.45, 7) is 5.35. The molecule has 11 heteroatoms. The van der Waals surface area contributed by atoms with E-state index >= 15 is 0 Å². The fourth-order valence-electron chi connectivity index (χ4n) is 3.56. The molecule has 1 N–H and O–H groups in total. The van der Waals surface area contributed by atoms with Gasteiger partial charge in [0.1, 0.15) is 23.8 Å². The summed E-state index contributed by atoms with van der Waals surface area (Å²) in [7, 11) is 0. The van der Waals surface area contributed by atoms with Crippen molar-refractivity contribution in [2.75, 3.05) is 0 Å². The largest absolute Gasteiger partial charge is 0.487 e. The van der Waals surface area contributed by atoms with Gasteiger partial charge in [-0.15, -0.1) is 4.74 Å². The number of nitrogens with one attached hydrogen (secondary N) is 1. The van der Waals surface area contributed by atoms with Crippen LogP contribution in [-0.2, 0) is 12.8 Å². The maximum atomic E-state index is 12.8. The van der Waals surface area contributed by atoms with Crippen LogP contribution < -0.4 is 16.2 Å². The van der Waals surface area contributed by atoms with Gasteiger partial charge in [0, 0.05) is 5.56 Å². The molecule has 0 saturated heterocycles. The molecule has 1 atom stereocenters. The Morgan fingerprint density at radius 2 is 1.92 bits per heavy atom. The van der Waals surface area contributed by atoms with Gasteiger partial charge in [0.05, 0.1) is 11.6 Å². The number of rotatable bonds is 7. The Balaban J connectivity index is 1.46. The minimum absolute atomic E-state index is 0.0858. The molecule has 0 fully saturated rings. The standard InChI is InChI=1S/C25H22F3N3O5/c1-14(11-15(2)31-23(32)30-24(33)36-31)18-5-4-6-20(12-18)34-13-21-16(3)35-22(29-21)17-7-9-19(10-8-17)25(26,27)28/h4-12,15H,13H2,1-3H3,(H,30,32,33)/b14-11+. The van der Waals surface area contributed by atoms with E-state index in [-0.39, 0.29) is 12.5 Å². The Morgan fingerprint density at radius 3 is 2.56 bits per heavy atom. The Labute approximate surface area is 202 Å². The molecule has 4 rings (SSSR count). The van der Waals surface area contributed by atoms with Gasteiger partial charge in [0.2, 0.25) is 5.89 Å². The fourth-order valence-corrected chi connectivity index (χ4v) is 3.56. The predicted molar refractivity (Wildman–Crippen MR) is 124 cm³/mol. The van der Waals surface area contributed by atoms with E-state index in [1.54, 1.807) is 38.1 Å². The molecule has 2 aromatic carbocycles. The SMILES string of the molecule is C/C(=C\C(C)n1oc(=O)[nH]c1=O)c1cccc(OCc2nc(-c3ccc(C(F)(F)F)cc3)oc2C)c1. The van der Waals surface area contributed by atoms with E-state index in [2.05, 4.69) is 4.98 Å². The molecule has 2 aromatic heterocycles. The number of allylic oxidation sites excluding steroid dienone is 2. The number of aryl methyl sites for hydroxylation is 1. The van der Waals surface area contributed by atoms with Crippen molar-refractivity contribution in [3.63, 3.8) is 0 Å². The minimum atomic E-state index is -4.42. The second kappa shape index (κ2) is 9.76. The number of hydrogen-bond acceptors (Lipinski definition) is 6. The number of aromatic amines is 1. The average Bonchev–Trinajstić information content (AvgIpc) is 3.38. The predicted octanol–water partition coefficient (Wildman–Crippen LogP) is 5.36. The van der Waals surface area contributed by atoms with E-state index in [4.69, 9.17) is 13.7 Å². The highest BCUT2D eigenvalue weighted by Gasteiger charge is 2.30. The molecule has 0 aliphatic rings. The lowest BCUT2D eigenvalue weighted by molar-refractivity contribution is -0.137. The highest BCUT2D eigenvalue weighted by molar-refractivity contribution is 5.65. The number of hydrogen-bond donors (Lipinski definition) is 1. The van der Waals surface area contributed by atoms with E-state index in [0.717, 1.165) is 28.0 Å². The van der Waals surface area contributed by atoms with Crippen molar-refractivity contribution in [1.29, 1.82) is 0 Å². The van der Waals surface area contributed by atoms with Gasteiger partial charge >= 0.3 is 17.6 Å². The molecule has 0 saturated carbocycles. The van der Waals surface area contributed by atoms with Crippen LogP contribution in [0.15, 0.2) is 73.1 Å². The first-order valence-corrected chi connectivity index (χ1v) is 10.9. The van der Waals surface area contributed by atoms with E-state index in [0.29, 0.717) is 22.8 Å². The zero-order chi connectivity index (χ0) is 26.0. The number of aromatic nitrogens is 3. The third-order valence-corrected chi connectivity index (χ3v) is 5.47. The lowest BCUT2D eigenvalue weighted by Crippen LogP contribution is -2.19. The number of nitrogens with zero attached hydrogens (tertiary/aromatic N) is 2. The molecule has 1 unspecified atom stereocenters. The monoisotopic (exact) mass is 501 g/mol. The summed E-state index contributed by atoms with van der Waals surface area (Å²) < 4.78 is 55.7. The smallest absolute Gasteiger partial charge is 0.440 e. The lowest BCUT2D eigenvalue weighted by Gasteiger charge is -2.10. The Kier molecular flexibility index (Phi) is 6.73. The molecule has 36 heavy (non-hydrogen) atoms. The molecule has 8 nitrogen and oxygen atoms in total. The summed E-state index contributed by atoms with van der Waals surface area (Å²) in [4.78, 5) is 29.4. The van der Waals surface area contributed by atoms with Crippen molar-refractivity contribution >= 4 is 5.57 Å². The van der Waals surface area contributed by atoms with Gasteiger partial charge < -0.3 is 13.7 Å². The molecule has 4 aromatic rings. The van der Waals surface area contributed by atoms with Crippen LogP contribution in [0.5, 0.6) is 5.75 Å². The van der Waals surface area contributed by atoms with Crippen molar-refractivity contribution in [3.05, 3.63) is 98.2 Å². The van der Waals surface area contributed by atoms with Gasteiger partial charge in [-0.3, -0.25) is 0 Å². The molecule has 0 aliphatic carbocycles. The van der Waals surface area contributed by atoms with E-state index in [1.807, 2.05) is 18.0 Å². The summed E-state index contributed by atoms with van der Waals surface area (Å²) in [6.07, 6.45) is -2.64. The number of alkyl halides is 3. The summed E-state index contributed by atoms with van der Waals surface area (Å²) in [5.41, 5.74) is 1.21. The van der Waals surface area contributed by atoms with Crippen molar-refractivity contribution in [3.8, 4) is 17.2 Å². The Bertz CT molecular complexity index is 1510. The first-order valence-electron chi connectivity index (χ1n) is 10.9. The summed E-state index contributed by atoms with van der Waals surface area (Å²) in [5, 5.41) is 0. The van der Waals surface area contributed by atoms with Crippen LogP contribution in [0.3, 0.4) is 0 Å². The third-order valence-electron chi connectivity index (χ3n) is 5.47. The summed E-state index contributed by atoms with van der Waals surface area (Å²) in [6, 6.07) is 11.3. The molecular weight excluding hydrogens is 479 g/mol. The summed E-state index contributed by atoms with van der Waals surface area (Å²) in [5.74, 6) is 0.423. The Hall–Kier alpha value is -4.28. The highest BCUT2D eigenvalue weighted by Crippen LogP contribution is 2.31. The third kappa shape index (κ3) is 5.51. The topological polar surface area (TPSA) is 103 Å². The van der Waals surface area contributed by atoms with Gasteiger partial charge in [0.25, 0.3) is 0 Å². The molecule has 2 heterocycles. The molecule has 0 amide bonds. The number of benzene rings is 2. The number of ether oxygens (including phenoxy) is 1. The van der Waals surface area contributed by atoms with Crippen LogP contribution in [0.1, 0.15) is 42.5 Å². The molecule has 0 radical (unpaired) electrons. The maximum Gasteiger partial charge on any atom is 0.440 e. The van der Waals surface area contributed by atoms with Crippen LogP contribution in [0.2, 0.25) is 0 Å². The van der Waals surface area contributed by atoms with Gasteiger partial charge in [-0.05, 0) is 68.3 Å². The molecular formula is C25H22F3N3O5. The number of H-pyrrole nitrogens is 1. The molecule has 0 spiro atoms. The van der Waals surface area contributed by atoms with Crippen LogP contribution in [0, 0.1) is 6.92 Å². The van der Waals surface area contributed by atoms with E-state index < -0.39 is 29.2 Å². The molecule has 0 aliphatic heterocycles. The second-order valence-electron chi connectivity index (χ2n) is 8.14. The van der Waals surface area contributed by atoms with Gasteiger partial charge in [-0.25, -0.2) is 19.6 Å². The highest BCUT2D eigenvalue weighted by atomic mass is 19.4. The van der Waals surface area contributed by atoms with Crippen LogP contribution in [-0.4, -0.2) is 14.7 Å². The minimum Gasteiger partial charge on any atom is -0.487 e. The first kappa shape index (κ1) is 24.8. The second-order valence-corrected chi connectivity index (χ2v) is 8.14. The zero-order valence-electron chi connectivity index (χ0n) is 19.6. The maximum absolute atomic E-state index is 12.8. The quantitative estimate of drug-likeness (QED) is 0.366. The first-order chi connectivity index (χ1) is 17.0. The number of halogens is 3. The van der Waals surface area contributed by atoms with Crippen molar-refractivity contribution < 1.29 is 26.8 Å². The van der Waals surface area contributed by atoms with Gasteiger partial charge in [-0.2, -0.15) is 13.2 Å². The summed E-state index contributed by atoms with van der Waals surface area (Å²) >= 11 is 0. The Morgan fingerprint density at radius 1 is 1.19 bits per heavy atom. The van der Waals surface area contributed by atoms with E-state index in [1.165, 1.54) is 12.1 Å². The van der Waals surface area contributed by atoms with Crippen LogP contribution in [0.4, 0.5) is 13.2 Å². The number of oxazole rings is 1. The molecule has 0 bridgehead atoms. The zero-order valence-corrected chi connectivity index (χ0v) is 19.6.